The van der Waals surface area contributed by atoms with E-state index in [4.69, 9.17) is 4.74 Å². The molecule has 0 spiro atoms. The van der Waals surface area contributed by atoms with Crippen molar-refractivity contribution in [3.63, 3.8) is 0 Å². The summed E-state index contributed by atoms with van der Waals surface area (Å²) in [5.74, 6) is -0.494. The van der Waals surface area contributed by atoms with Gasteiger partial charge in [-0.3, -0.25) is 4.79 Å². The Labute approximate surface area is 171 Å². The van der Waals surface area contributed by atoms with Gasteiger partial charge in [0.1, 0.15) is 0 Å². The lowest BCUT2D eigenvalue weighted by Crippen LogP contribution is -2.13. The number of unbranched alkanes of at least 4 members (excludes halogenated alkanes) is 2. The average molecular weight is 381 g/mol. The van der Waals surface area contributed by atoms with Crippen LogP contribution in [0.25, 0.3) is 0 Å². The van der Waals surface area contributed by atoms with E-state index in [2.05, 4.69) is 45.9 Å². The van der Waals surface area contributed by atoms with E-state index < -0.39 is 0 Å². The van der Waals surface area contributed by atoms with Gasteiger partial charge < -0.3 is 4.74 Å². The van der Waals surface area contributed by atoms with Gasteiger partial charge in [-0.2, -0.15) is 0 Å². The highest BCUT2D eigenvalue weighted by Crippen LogP contribution is 2.23. The minimum atomic E-state index is -0.284. The maximum atomic E-state index is 12.7. The largest absolute Gasteiger partial charge is 0.434 e. The highest BCUT2D eigenvalue weighted by molar-refractivity contribution is 5.79. The first-order chi connectivity index (χ1) is 13.5. The molecule has 0 aliphatic carbocycles. The van der Waals surface area contributed by atoms with Gasteiger partial charge in [0.25, 0.3) is 0 Å². The lowest BCUT2D eigenvalue weighted by Gasteiger charge is -2.14. The monoisotopic (exact) mass is 380 g/mol. The fraction of sp³-hybridized carbons (Fsp3) is 0.423. The minimum absolute atomic E-state index is 0.210. The average Bonchev–Trinajstić information content (AvgIpc) is 2.68. The molecule has 0 bridgehead atoms. The lowest BCUT2D eigenvalue weighted by atomic mass is 9.94. The molecule has 152 valence electrons. The summed E-state index contributed by atoms with van der Waals surface area (Å²) < 4.78 is 5.40. The van der Waals surface area contributed by atoms with Crippen LogP contribution in [0.4, 0.5) is 0 Å². The molecule has 2 nitrogen and oxygen atoms in total. The van der Waals surface area contributed by atoms with E-state index in [1.807, 2.05) is 36.4 Å². The maximum Gasteiger partial charge on any atom is 0.318 e. The SMILES string of the molecule is CCCCC=CC=COC(=O)C(C/C=C(\C)CCC=C(C)C)c1ccccc1. The molecule has 2 heteroatoms. The van der Waals surface area contributed by atoms with Gasteiger partial charge in [-0.15, -0.1) is 0 Å². The number of allylic oxidation sites excluding steroid dienone is 7. The second-order valence-corrected chi connectivity index (χ2v) is 7.41. The van der Waals surface area contributed by atoms with E-state index in [0.29, 0.717) is 6.42 Å². The van der Waals surface area contributed by atoms with E-state index in [9.17, 15) is 4.79 Å². The van der Waals surface area contributed by atoms with Crippen molar-refractivity contribution in [2.45, 2.75) is 72.1 Å². The van der Waals surface area contributed by atoms with Gasteiger partial charge in [0.2, 0.25) is 0 Å². The predicted molar refractivity (Wildman–Crippen MR) is 120 cm³/mol. The van der Waals surface area contributed by atoms with Crippen molar-refractivity contribution in [2.75, 3.05) is 0 Å². The molecule has 1 aromatic carbocycles. The van der Waals surface area contributed by atoms with Crippen LogP contribution in [0.2, 0.25) is 0 Å². The zero-order valence-electron chi connectivity index (χ0n) is 18.0. The maximum absolute atomic E-state index is 12.7. The summed E-state index contributed by atoms with van der Waals surface area (Å²) in [5, 5.41) is 0. The molecule has 1 unspecified atom stereocenters. The molecule has 0 heterocycles. The second kappa shape index (κ2) is 14.7. The molecule has 28 heavy (non-hydrogen) atoms. The van der Waals surface area contributed by atoms with E-state index in [-0.39, 0.29) is 11.9 Å². The van der Waals surface area contributed by atoms with Crippen molar-refractivity contribution in [1.29, 1.82) is 0 Å². The van der Waals surface area contributed by atoms with Gasteiger partial charge in [0, 0.05) is 0 Å². The van der Waals surface area contributed by atoms with E-state index in [1.165, 1.54) is 30.2 Å². The fourth-order valence-electron chi connectivity index (χ4n) is 2.79. The van der Waals surface area contributed by atoms with Crippen molar-refractivity contribution in [3.05, 3.63) is 83.7 Å². The van der Waals surface area contributed by atoms with Gasteiger partial charge in [0.05, 0.1) is 12.2 Å². The zero-order chi connectivity index (χ0) is 20.6. The number of hydrogen-bond acceptors (Lipinski definition) is 2. The van der Waals surface area contributed by atoms with Crippen LogP contribution in [-0.2, 0) is 9.53 Å². The highest BCUT2D eigenvalue weighted by Gasteiger charge is 2.20. The van der Waals surface area contributed by atoms with Gasteiger partial charge in [-0.1, -0.05) is 85.5 Å². The van der Waals surface area contributed by atoms with Crippen LogP contribution in [0.5, 0.6) is 0 Å². The van der Waals surface area contributed by atoms with E-state index in [1.54, 1.807) is 6.08 Å². The summed E-state index contributed by atoms with van der Waals surface area (Å²) >= 11 is 0. The highest BCUT2D eigenvalue weighted by atomic mass is 16.5. The number of carbonyl (C=O) groups is 1. The van der Waals surface area contributed by atoms with Crippen LogP contribution in [0, 0.1) is 0 Å². The molecule has 0 radical (unpaired) electrons. The van der Waals surface area contributed by atoms with Crippen LogP contribution < -0.4 is 0 Å². The Balaban J connectivity index is 2.70. The second-order valence-electron chi connectivity index (χ2n) is 7.41. The van der Waals surface area contributed by atoms with Crippen molar-refractivity contribution in [1.82, 2.24) is 0 Å². The summed E-state index contributed by atoms with van der Waals surface area (Å²) in [4.78, 5) is 12.7. The Hall–Kier alpha value is -2.35. The van der Waals surface area contributed by atoms with Crippen molar-refractivity contribution < 1.29 is 9.53 Å². The zero-order valence-corrected chi connectivity index (χ0v) is 18.0. The third-order valence-electron chi connectivity index (χ3n) is 4.51. The van der Waals surface area contributed by atoms with Gasteiger partial charge in [-0.25, -0.2) is 0 Å². The van der Waals surface area contributed by atoms with Crippen molar-refractivity contribution >= 4 is 5.97 Å². The Morgan fingerprint density at radius 1 is 1.04 bits per heavy atom. The molecule has 1 atom stereocenters. The molecule has 0 N–H and O–H groups in total. The molecule has 0 amide bonds. The Kier molecular flexibility index (Phi) is 12.4. The number of carbonyl (C=O) groups excluding carboxylic acids is 1. The first-order valence-corrected chi connectivity index (χ1v) is 10.4. The standard InChI is InChI=1S/C26H36O2/c1-5-6-7-8-9-13-21-28-26(27)25(24-17-11-10-12-18-24)20-19-23(4)16-14-15-22(2)3/h8-13,15,17-19,21,25H,5-7,14,16,20H2,1-4H3/b9-8?,21-13?,23-19+. The molecule has 0 aliphatic heterocycles. The number of hydrogen-bond donors (Lipinski definition) is 0. The van der Waals surface area contributed by atoms with E-state index in [0.717, 1.165) is 24.8 Å². The van der Waals surface area contributed by atoms with Crippen molar-refractivity contribution in [2.24, 2.45) is 0 Å². The number of rotatable bonds is 12. The first kappa shape index (κ1) is 23.7. The molecular weight excluding hydrogens is 344 g/mol. The van der Waals surface area contributed by atoms with Crippen LogP contribution >= 0.6 is 0 Å². The van der Waals surface area contributed by atoms with Crippen molar-refractivity contribution in [3.8, 4) is 0 Å². The van der Waals surface area contributed by atoms with Gasteiger partial charge in [0.15, 0.2) is 0 Å². The fourth-order valence-corrected chi connectivity index (χ4v) is 2.79. The molecule has 1 rings (SSSR count). The summed E-state index contributed by atoms with van der Waals surface area (Å²) in [5.41, 5.74) is 3.64. The summed E-state index contributed by atoms with van der Waals surface area (Å²) in [6.45, 7) is 8.54. The molecule has 0 aromatic heterocycles. The minimum Gasteiger partial charge on any atom is -0.434 e. The molecule has 0 saturated carbocycles. The Bertz CT molecular complexity index is 674. The van der Waals surface area contributed by atoms with Crippen LogP contribution in [0.15, 0.2) is 78.1 Å². The topological polar surface area (TPSA) is 26.3 Å². The third kappa shape index (κ3) is 10.7. The summed E-state index contributed by atoms with van der Waals surface area (Å²) in [6, 6.07) is 9.88. The normalized spacial score (nSPS) is 13.1. The Morgan fingerprint density at radius 3 is 2.46 bits per heavy atom. The smallest absolute Gasteiger partial charge is 0.318 e. The Morgan fingerprint density at radius 2 is 1.79 bits per heavy atom. The van der Waals surface area contributed by atoms with Crippen LogP contribution in [0.3, 0.4) is 0 Å². The van der Waals surface area contributed by atoms with E-state index >= 15 is 0 Å². The summed E-state index contributed by atoms with van der Waals surface area (Å²) in [6.07, 6.45) is 17.9. The predicted octanol–water partition coefficient (Wildman–Crippen LogP) is 7.66. The van der Waals surface area contributed by atoms with Crippen LogP contribution in [0.1, 0.15) is 77.7 Å². The van der Waals surface area contributed by atoms with Crippen LogP contribution in [-0.4, -0.2) is 5.97 Å². The number of ether oxygens (including phenoxy) is 1. The number of benzene rings is 1. The lowest BCUT2D eigenvalue weighted by molar-refractivity contribution is -0.139. The van der Waals surface area contributed by atoms with Gasteiger partial charge in [-0.05, 0) is 58.1 Å². The van der Waals surface area contributed by atoms with Gasteiger partial charge >= 0.3 is 5.97 Å². The molecule has 0 aliphatic rings. The quantitative estimate of drug-likeness (QED) is 0.122. The molecule has 0 fully saturated rings. The first-order valence-electron chi connectivity index (χ1n) is 10.4. The summed E-state index contributed by atoms with van der Waals surface area (Å²) in [7, 11) is 0. The molecule has 0 saturated heterocycles. The third-order valence-corrected chi connectivity index (χ3v) is 4.51. The number of esters is 1. The molecule has 1 aromatic rings. The molecular formula is C26H36O2.